The molecule has 2 amide bonds. The summed E-state index contributed by atoms with van der Waals surface area (Å²) < 4.78 is 21.6. The van der Waals surface area contributed by atoms with Crippen molar-refractivity contribution in [2.45, 2.75) is 32.4 Å². The summed E-state index contributed by atoms with van der Waals surface area (Å²) in [5.74, 6) is 1.69. The summed E-state index contributed by atoms with van der Waals surface area (Å²) >= 11 is 0. The SMILES string of the molecule is CCC1Oc2ccc(NC(=O)COC)cc2CN(CCc2ccc(OC)c(OC)c2)C1=O. The summed E-state index contributed by atoms with van der Waals surface area (Å²) in [5, 5.41) is 2.80. The Morgan fingerprint density at radius 1 is 1.12 bits per heavy atom. The van der Waals surface area contributed by atoms with Crippen molar-refractivity contribution in [2.75, 3.05) is 39.8 Å². The van der Waals surface area contributed by atoms with Gasteiger partial charge in [0.25, 0.3) is 5.91 Å². The van der Waals surface area contributed by atoms with Crippen molar-refractivity contribution in [3.8, 4) is 17.2 Å². The van der Waals surface area contributed by atoms with Crippen LogP contribution in [0.15, 0.2) is 36.4 Å². The summed E-state index contributed by atoms with van der Waals surface area (Å²) in [5.41, 5.74) is 2.52. The van der Waals surface area contributed by atoms with Gasteiger partial charge in [-0.3, -0.25) is 9.59 Å². The van der Waals surface area contributed by atoms with E-state index in [1.165, 1.54) is 7.11 Å². The molecule has 1 atom stereocenters. The number of rotatable bonds is 9. The van der Waals surface area contributed by atoms with E-state index in [1.54, 1.807) is 31.3 Å². The van der Waals surface area contributed by atoms with Gasteiger partial charge in [-0.1, -0.05) is 13.0 Å². The number of hydrogen-bond acceptors (Lipinski definition) is 6. The van der Waals surface area contributed by atoms with E-state index in [9.17, 15) is 9.59 Å². The molecule has 1 aliphatic heterocycles. The molecule has 0 saturated carbocycles. The second-order valence-corrected chi connectivity index (χ2v) is 7.52. The summed E-state index contributed by atoms with van der Waals surface area (Å²) in [6.07, 6.45) is 0.676. The number of hydrogen-bond donors (Lipinski definition) is 1. The molecule has 2 aromatic carbocycles. The number of benzene rings is 2. The highest BCUT2D eigenvalue weighted by Gasteiger charge is 2.30. The van der Waals surface area contributed by atoms with Crippen molar-refractivity contribution in [1.29, 1.82) is 0 Å². The van der Waals surface area contributed by atoms with E-state index in [2.05, 4.69) is 5.32 Å². The van der Waals surface area contributed by atoms with Crippen molar-refractivity contribution in [2.24, 2.45) is 0 Å². The molecule has 0 aromatic heterocycles. The third-order valence-corrected chi connectivity index (χ3v) is 5.33. The Bertz CT molecular complexity index is 962. The first-order valence-corrected chi connectivity index (χ1v) is 10.6. The van der Waals surface area contributed by atoms with E-state index in [-0.39, 0.29) is 18.4 Å². The van der Waals surface area contributed by atoms with Crippen LogP contribution in [0, 0.1) is 0 Å². The predicted octanol–water partition coefficient (Wildman–Crippen LogP) is 3.03. The van der Waals surface area contributed by atoms with Crippen LogP contribution in [-0.4, -0.2) is 57.3 Å². The minimum Gasteiger partial charge on any atom is -0.493 e. The van der Waals surface area contributed by atoms with Crippen molar-refractivity contribution in [3.63, 3.8) is 0 Å². The third kappa shape index (κ3) is 5.50. The number of methoxy groups -OCH3 is 3. The molecule has 0 saturated heterocycles. The zero-order valence-corrected chi connectivity index (χ0v) is 19.0. The lowest BCUT2D eigenvalue weighted by Crippen LogP contribution is -2.40. The van der Waals surface area contributed by atoms with Gasteiger partial charge in [0.15, 0.2) is 17.6 Å². The maximum atomic E-state index is 13.1. The average Bonchev–Trinajstić information content (AvgIpc) is 2.93. The van der Waals surface area contributed by atoms with Crippen LogP contribution < -0.4 is 19.5 Å². The van der Waals surface area contributed by atoms with Crippen LogP contribution in [0.2, 0.25) is 0 Å². The molecule has 172 valence electrons. The Balaban J connectivity index is 1.79. The van der Waals surface area contributed by atoms with Gasteiger partial charge < -0.3 is 29.2 Å². The van der Waals surface area contributed by atoms with Gasteiger partial charge in [-0.15, -0.1) is 0 Å². The van der Waals surface area contributed by atoms with Crippen LogP contribution in [0.5, 0.6) is 17.2 Å². The predicted molar refractivity (Wildman–Crippen MR) is 120 cm³/mol. The highest BCUT2D eigenvalue weighted by Crippen LogP contribution is 2.31. The number of carbonyl (C=O) groups excluding carboxylic acids is 2. The van der Waals surface area contributed by atoms with Crippen LogP contribution in [0.3, 0.4) is 0 Å². The van der Waals surface area contributed by atoms with E-state index in [0.29, 0.717) is 48.9 Å². The monoisotopic (exact) mass is 442 g/mol. The smallest absolute Gasteiger partial charge is 0.263 e. The number of nitrogens with zero attached hydrogens (tertiary/aromatic N) is 1. The molecule has 0 spiro atoms. The fourth-order valence-corrected chi connectivity index (χ4v) is 3.66. The van der Waals surface area contributed by atoms with E-state index < -0.39 is 6.10 Å². The lowest BCUT2D eigenvalue weighted by molar-refractivity contribution is -0.138. The second-order valence-electron chi connectivity index (χ2n) is 7.52. The molecule has 8 heteroatoms. The van der Waals surface area contributed by atoms with Crippen LogP contribution >= 0.6 is 0 Å². The molecule has 0 fully saturated rings. The largest absolute Gasteiger partial charge is 0.493 e. The highest BCUT2D eigenvalue weighted by molar-refractivity contribution is 5.92. The van der Waals surface area contributed by atoms with Gasteiger partial charge in [0, 0.05) is 31.5 Å². The first-order valence-electron chi connectivity index (χ1n) is 10.6. The Labute approximate surface area is 188 Å². The van der Waals surface area contributed by atoms with Gasteiger partial charge in [-0.25, -0.2) is 0 Å². The average molecular weight is 443 g/mol. The van der Waals surface area contributed by atoms with Crippen molar-refractivity contribution < 1.29 is 28.5 Å². The molecule has 0 aliphatic carbocycles. The minimum atomic E-state index is -0.546. The molecule has 8 nitrogen and oxygen atoms in total. The van der Waals surface area contributed by atoms with Crippen LogP contribution in [0.25, 0.3) is 0 Å². The molecule has 3 rings (SSSR count). The first-order chi connectivity index (χ1) is 15.5. The molecule has 32 heavy (non-hydrogen) atoms. The van der Waals surface area contributed by atoms with Crippen LogP contribution in [0.1, 0.15) is 24.5 Å². The lowest BCUT2D eigenvalue weighted by atomic mass is 10.1. The van der Waals surface area contributed by atoms with Crippen molar-refractivity contribution in [3.05, 3.63) is 47.5 Å². The van der Waals surface area contributed by atoms with Gasteiger partial charge in [0.2, 0.25) is 5.91 Å². The molecule has 1 aliphatic rings. The number of nitrogens with one attached hydrogen (secondary N) is 1. The van der Waals surface area contributed by atoms with E-state index >= 15 is 0 Å². The molecule has 1 unspecified atom stereocenters. The minimum absolute atomic E-state index is 0.0264. The zero-order chi connectivity index (χ0) is 23.1. The second kappa shape index (κ2) is 10.9. The topological polar surface area (TPSA) is 86.3 Å². The van der Waals surface area contributed by atoms with E-state index in [1.807, 2.05) is 31.2 Å². The van der Waals surface area contributed by atoms with Crippen LogP contribution in [-0.2, 0) is 27.3 Å². The van der Waals surface area contributed by atoms with Gasteiger partial charge in [0.1, 0.15) is 12.4 Å². The van der Waals surface area contributed by atoms with E-state index in [4.69, 9.17) is 18.9 Å². The Morgan fingerprint density at radius 3 is 2.59 bits per heavy atom. The molecule has 2 aromatic rings. The van der Waals surface area contributed by atoms with Crippen LogP contribution in [0.4, 0.5) is 5.69 Å². The maximum Gasteiger partial charge on any atom is 0.263 e. The van der Waals surface area contributed by atoms with Gasteiger partial charge in [-0.2, -0.15) is 0 Å². The van der Waals surface area contributed by atoms with E-state index in [0.717, 1.165) is 11.1 Å². The maximum absolute atomic E-state index is 13.1. The number of fused-ring (bicyclic) bond motifs is 1. The van der Waals surface area contributed by atoms with Gasteiger partial charge >= 0.3 is 0 Å². The molecular weight excluding hydrogens is 412 g/mol. The Morgan fingerprint density at radius 2 is 1.91 bits per heavy atom. The zero-order valence-electron chi connectivity index (χ0n) is 19.0. The molecular formula is C24H30N2O6. The summed E-state index contributed by atoms with van der Waals surface area (Å²) in [4.78, 5) is 26.8. The Hall–Kier alpha value is -3.26. The third-order valence-electron chi connectivity index (χ3n) is 5.33. The summed E-state index contributed by atoms with van der Waals surface area (Å²) in [7, 11) is 4.67. The first kappa shape index (κ1) is 23.4. The highest BCUT2D eigenvalue weighted by atomic mass is 16.5. The van der Waals surface area contributed by atoms with Gasteiger partial charge in [-0.05, 0) is 48.7 Å². The number of anilines is 1. The molecule has 1 heterocycles. The normalized spacial score (nSPS) is 15.4. The fourth-order valence-electron chi connectivity index (χ4n) is 3.66. The fraction of sp³-hybridized carbons (Fsp3) is 0.417. The number of carbonyl (C=O) groups is 2. The molecule has 0 bridgehead atoms. The van der Waals surface area contributed by atoms with Crippen molar-refractivity contribution >= 4 is 17.5 Å². The summed E-state index contributed by atoms with van der Waals surface area (Å²) in [6.45, 7) is 2.82. The standard InChI is InChI=1S/C24H30N2O6/c1-5-19-24(28)26(11-10-16-6-8-21(30-3)22(12-16)31-4)14-17-13-18(7-9-20(17)32-19)25-23(27)15-29-2/h6-9,12-13,19H,5,10-11,14-15H2,1-4H3,(H,25,27). The summed E-state index contributed by atoms with van der Waals surface area (Å²) in [6, 6.07) is 11.2. The molecule has 1 N–H and O–H groups in total. The number of ether oxygens (including phenoxy) is 4. The lowest BCUT2D eigenvalue weighted by Gasteiger charge is -2.23. The van der Waals surface area contributed by atoms with Gasteiger partial charge in [0.05, 0.1) is 14.2 Å². The Kier molecular flexibility index (Phi) is 7.94. The quantitative estimate of drug-likeness (QED) is 0.643. The molecule has 0 radical (unpaired) electrons. The number of amides is 2. The van der Waals surface area contributed by atoms with Crippen molar-refractivity contribution in [1.82, 2.24) is 4.90 Å².